The van der Waals surface area contributed by atoms with Gasteiger partial charge in [0, 0.05) is 14.9 Å². The lowest BCUT2D eigenvalue weighted by atomic mass is 9.81. The number of Topliss-reactive ketones (excluding diaryl/α,β-unsaturated/α-hetero) is 2. The Morgan fingerprint density at radius 3 is 2.28 bits per heavy atom. The van der Waals surface area contributed by atoms with Crippen LogP contribution in [0.15, 0.2) is 28.7 Å². The van der Waals surface area contributed by atoms with E-state index >= 15 is 0 Å². The van der Waals surface area contributed by atoms with Gasteiger partial charge < -0.3 is 4.74 Å². The van der Waals surface area contributed by atoms with Crippen molar-refractivity contribution < 1.29 is 14.3 Å². The Morgan fingerprint density at radius 1 is 1.08 bits per heavy atom. The highest BCUT2D eigenvalue weighted by Gasteiger charge is 2.63. The lowest BCUT2D eigenvalue weighted by molar-refractivity contribution is -0.127. The largest absolute Gasteiger partial charge is 0.373 e. The molecule has 0 spiro atoms. The Morgan fingerprint density at radius 2 is 1.68 bits per heavy atom. The molecule has 1 aromatic heterocycles. The van der Waals surface area contributed by atoms with Crippen LogP contribution in [0.1, 0.15) is 29.3 Å². The molecule has 1 unspecified atom stereocenters. The maximum Gasteiger partial charge on any atom is 0.155 e. The van der Waals surface area contributed by atoms with Gasteiger partial charge in [0.05, 0.1) is 29.7 Å². The smallest absolute Gasteiger partial charge is 0.155 e. The van der Waals surface area contributed by atoms with Gasteiger partial charge in [-0.15, -0.1) is 11.3 Å². The molecule has 4 nitrogen and oxygen atoms in total. The van der Waals surface area contributed by atoms with Crippen LogP contribution in [0.4, 0.5) is 0 Å². The number of ether oxygens (including phenoxy) is 1. The lowest BCUT2D eigenvalue weighted by Gasteiger charge is -2.16. The summed E-state index contributed by atoms with van der Waals surface area (Å²) in [5.74, 6) is -1.12. The molecule has 5 rings (SSSR count). The molecule has 2 bridgehead atoms. The van der Waals surface area contributed by atoms with Crippen molar-refractivity contribution in [3.8, 4) is 10.6 Å². The first kappa shape index (κ1) is 15.9. The number of aryl methyl sites for hydroxylation is 1. The second-order valence-corrected chi connectivity index (χ2v) is 9.17. The van der Waals surface area contributed by atoms with Gasteiger partial charge in [-0.25, -0.2) is 4.98 Å². The molecular formula is C19H16BrNO3S. The van der Waals surface area contributed by atoms with E-state index < -0.39 is 5.92 Å². The van der Waals surface area contributed by atoms with Crippen LogP contribution >= 0.6 is 27.3 Å². The number of nitrogens with zero attached hydrogens (tertiary/aromatic N) is 1. The standard InChI is InChI=1S/C19H16BrNO3S/c1-8-16(21-19(25-8)9-2-4-10(20)5-3-9)15-17(22)13-11-6-7-12(24-11)14(13)18(15)23/h2-5,11-15H,6-7H2,1H3/t11-,12+,13-,14+,15?. The van der Waals surface area contributed by atoms with Crippen LogP contribution in [0, 0.1) is 18.8 Å². The summed E-state index contributed by atoms with van der Waals surface area (Å²) in [6.07, 6.45) is 1.69. The van der Waals surface area contributed by atoms with Crippen molar-refractivity contribution in [2.45, 2.75) is 37.9 Å². The number of carbonyl (C=O) groups excluding carboxylic acids is 2. The average Bonchev–Trinajstić information content (AvgIpc) is 3.33. The molecule has 6 heteroatoms. The van der Waals surface area contributed by atoms with Crippen molar-refractivity contribution >= 4 is 38.8 Å². The number of halogens is 1. The van der Waals surface area contributed by atoms with Crippen LogP contribution in [0.2, 0.25) is 0 Å². The first-order valence-corrected chi connectivity index (χ1v) is 10.1. The summed E-state index contributed by atoms with van der Waals surface area (Å²) in [4.78, 5) is 31.6. The van der Waals surface area contributed by atoms with Gasteiger partial charge in [-0.3, -0.25) is 9.59 Å². The molecule has 0 amide bonds. The number of fused-ring (bicyclic) bond motifs is 5. The van der Waals surface area contributed by atoms with Crippen molar-refractivity contribution in [2.75, 3.05) is 0 Å². The quantitative estimate of drug-likeness (QED) is 0.694. The Balaban J connectivity index is 1.53. The third kappa shape index (κ3) is 2.24. The molecule has 2 aliphatic heterocycles. The van der Waals surface area contributed by atoms with Gasteiger partial charge in [-0.1, -0.05) is 28.1 Å². The van der Waals surface area contributed by atoms with Crippen LogP contribution in [0.25, 0.3) is 10.6 Å². The normalized spacial score (nSPS) is 33.3. The van der Waals surface area contributed by atoms with Crippen molar-refractivity contribution in [1.82, 2.24) is 4.98 Å². The number of ketones is 2. The van der Waals surface area contributed by atoms with Gasteiger partial charge >= 0.3 is 0 Å². The van der Waals surface area contributed by atoms with E-state index in [0.717, 1.165) is 32.8 Å². The number of rotatable bonds is 2. The Bertz CT molecular complexity index is 863. The van der Waals surface area contributed by atoms with E-state index in [1.807, 2.05) is 31.2 Å². The van der Waals surface area contributed by atoms with E-state index in [9.17, 15) is 9.59 Å². The fourth-order valence-electron chi connectivity index (χ4n) is 4.59. The molecule has 2 saturated heterocycles. The monoisotopic (exact) mass is 417 g/mol. The van der Waals surface area contributed by atoms with E-state index in [1.165, 1.54) is 0 Å². The number of aromatic nitrogens is 1. The van der Waals surface area contributed by atoms with Gasteiger partial charge in [-0.2, -0.15) is 0 Å². The molecular weight excluding hydrogens is 402 g/mol. The lowest BCUT2D eigenvalue weighted by Crippen LogP contribution is -2.29. The zero-order chi connectivity index (χ0) is 17.3. The zero-order valence-corrected chi connectivity index (χ0v) is 16.0. The van der Waals surface area contributed by atoms with Crippen molar-refractivity contribution in [3.63, 3.8) is 0 Å². The summed E-state index contributed by atoms with van der Waals surface area (Å²) < 4.78 is 6.82. The second kappa shape index (κ2) is 5.56. The molecule has 5 atom stereocenters. The van der Waals surface area contributed by atoms with Gasteiger partial charge in [0.25, 0.3) is 0 Å². The molecule has 3 heterocycles. The predicted octanol–water partition coefficient (Wildman–Crippen LogP) is 3.91. The van der Waals surface area contributed by atoms with E-state index in [4.69, 9.17) is 9.72 Å². The van der Waals surface area contributed by atoms with Gasteiger partial charge in [0.1, 0.15) is 10.9 Å². The summed E-state index contributed by atoms with van der Waals surface area (Å²) in [6.45, 7) is 1.95. The van der Waals surface area contributed by atoms with Gasteiger partial charge in [0.15, 0.2) is 11.6 Å². The van der Waals surface area contributed by atoms with Crippen LogP contribution in [-0.2, 0) is 14.3 Å². The summed E-state index contributed by atoms with van der Waals surface area (Å²) in [6, 6.07) is 7.93. The van der Waals surface area contributed by atoms with Crippen molar-refractivity contribution in [2.24, 2.45) is 11.8 Å². The minimum Gasteiger partial charge on any atom is -0.373 e. The Labute approximate surface area is 157 Å². The van der Waals surface area contributed by atoms with Gasteiger partial charge in [-0.05, 0) is 31.9 Å². The minimum absolute atomic E-state index is 0.0259. The summed E-state index contributed by atoms with van der Waals surface area (Å²) >= 11 is 4.98. The van der Waals surface area contributed by atoms with Crippen molar-refractivity contribution in [3.05, 3.63) is 39.3 Å². The second-order valence-electron chi connectivity index (χ2n) is 7.05. The molecule has 0 radical (unpaired) electrons. The highest BCUT2D eigenvalue weighted by atomic mass is 79.9. The Kier molecular flexibility index (Phi) is 3.53. The summed E-state index contributed by atoms with van der Waals surface area (Å²) in [5.41, 5.74) is 1.66. The summed E-state index contributed by atoms with van der Waals surface area (Å²) in [7, 11) is 0. The molecule has 3 fully saturated rings. The third-order valence-corrected chi connectivity index (χ3v) is 7.26. The molecule has 0 N–H and O–H groups in total. The fraction of sp³-hybridized carbons (Fsp3) is 0.421. The Hall–Kier alpha value is -1.37. The van der Waals surface area contributed by atoms with E-state index in [-0.39, 0.29) is 35.6 Å². The molecule has 128 valence electrons. The van der Waals surface area contributed by atoms with E-state index in [2.05, 4.69) is 15.9 Å². The molecule has 1 aliphatic carbocycles. The molecule has 25 heavy (non-hydrogen) atoms. The molecule has 3 aliphatic rings. The van der Waals surface area contributed by atoms with Crippen LogP contribution in [0.3, 0.4) is 0 Å². The molecule has 2 aromatic rings. The first-order valence-electron chi connectivity index (χ1n) is 8.51. The van der Waals surface area contributed by atoms with Crippen LogP contribution < -0.4 is 0 Å². The van der Waals surface area contributed by atoms with Gasteiger partial charge in [0.2, 0.25) is 0 Å². The zero-order valence-electron chi connectivity index (χ0n) is 13.6. The predicted molar refractivity (Wildman–Crippen MR) is 97.6 cm³/mol. The topological polar surface area (TPSA) is 56.3 Å². The third-order valence-electron chi connectivity index (χ3n) is 5.70. The SMILES string of the molecule is Cc1sc(-c2ccc(Br)cc2)nc1C1C(=O)[C@@H]2[C@H](C1=O)[C@H]1CC[C@@H]2O1. The van der Waals surface area contributed by atoms with Crippen LogP contribution in [-0.4, -0.2) is 28.8 Å². The minimum atomic E-state index is -0.692. The molecule has 1 aromatic carbocycles. The highest BCUT2D eigenvalue weighted by Crippen LogP contribution is 2.52. The first-order chi connectivity index (χ1) is 12.0. The number of benzene rings is 1. The van der Waals surface area contributed by atoms with E-state index in [1.54, 1.807) is 11.3 Å². The summed E-state index contributed by atoms with van der Waals surface area (Å²) in [5, 5.41) is 0.858. The number of hydrogen-bond acceptors (Lipinski definition) is 5. The maximum atomic E-state index is 13.0. The molecule has 1 saturated carbocycles. The number of hydrogen-bond donors (Lipinski definition) is 0. The van der Waals surface area contributed by atoms with Crippen molar-refractivity contribution in [1.29, 1.82) is 0 Å². The maximum absolute atomic E-state index is 13.0. The fourth-order valence-corrected chi connectivity index (χ4v) is 5.81. The number of thiazole rings is 1. The number of carbonyl (C=O) groups is 2. The van der Waals surface area contributed by atoms with E-state index in [0.29, 0.717) is 5.69 Å². The van der Waals surface area contributed by atoms with Crippen LogP contribution in [0.5, 0.6) is 0 Å². The average molecular weight is 418 g/mol. The highest BCUT2D eigenvalue weighted by molar-refractivity contribution is 9.10.